The summed E-state index contributed by atoms with van der Waals surface area (Å²) >= 11 is 9.43. The van der Waals surface area contributed by atoms with E-state index in [2.05, 4.69) is 36.4 Å². The highest BCUT2D eigenvalue weighted by Crippen LogP contribution is 2.21. The molecule has 2 aromatic carbocycles. The largest absolute Gasteiger partial charge is 0.369 e. The van der Waals surface area contributed by atoms with E-state index in [1.165, 1.54) is 0 Å². The Morgan fingerprint density at radius 2 is 1.75 bits per heavy atom. The zero-order valence-corrected chi connectivity index (χ0v) is 17.7. The standard InChI is InChI=1S/C20H22BrClN4O2/c21-17-6-1-2-7-18(17)24-19(27)13-23-20(28)14-25-8-10-26(11-9-25)16-5-3-4-15(22)12-16/h1-7,12H,8-11,13-14H2,(H,23,28)(H,24,27). The van der Waals surface area contributed by atoms with Crippen LogP contribution in [0.1, 0.15) is 0 Å². The minimum atomic E-state index is -0.258. The monoisotopic (exact) mass is 464 g/mol. The normalized spacial score (nSPS) is 14.6. The van der Waals surface area contributed by atoms with Crippen molar-refractivity contribution in [3.8, 4) is 0 Å². The lowest BCUT2D eigenvalue weighted by atomic mass is 10.2. The molecular formula is C20H22BrClN4O2. The van der Waals surface area contributed by atoms with Crippen LogP contribution < -0.4 is 15.5 Å². The maximum atomic E-state index is 12.2. The summed E-state index contributed by atoms with van der Waals surface area (Å²) in [4.78, 5) is 28.5. The van der Waals surface area contributed by atoms with E-state index in [4.69, 9.17) is 11.6 Å². The summed E-state index contributed by atoms with van der Waals surface area (Å²) in [6.07, 6.45) is 0. The first-order chi connectivity index (χ1) is 13.5. The van der Waals surface area contributed by atoms with E-state index in [1.807, 2.05) is 42.5 Å². The SMILES string of the molecule is O=C(CN1CCN(c2cccc(Cl)c2)CC1)NCC(=O)Nc1ccccc1Br. The highest BCUT2D eigenvalue weighted by Gasteiger charge is 2.19. The van der Waals surface area contributed by atoms with E-state index < -0.39 is 0 Å². The fourth-order valence-corrected chi connectivity index (χ4v) is 3.60. The van der Waals surface area contributed by atoms with Crippen LogP contribution in [-0.4, -0.2) is 56.0 Å². The number of anilines is 2. The number of piperazine rings is 1. The molecule has 28 heavy (non-hydrogen) atoms. The van der Waals surface area contributed by atoms with Crippen molar-refractivity contribution in [2.24, 2.45) is 0 Å². The van der Waals surface area contributed by atoms with Gasteiger partial charge in [-0.25, -0.2) is 0 Å². The predicted octanol–water partition coefficient (Wildman–Crippen LogP) is 2.98. The summed E-state index contributed by atoms with van der Waals surface area (Å²) in [5.41, 5.74) is 1.78. The lowest BCUT2D eigenvalue weighted by Gasteiger charge is -2.35. The Bertz CT molecular complexity index is 840. The molecule has 0 aromatic heterocycles. The van der Waals surface area contributed by atoms with Gasteiger partial charge in [0.2, 0.25) is 11.8 Å². The number of carbonyl (C=O) groups excluding carboxylic acids is 2. The molecule has 2 aromatic rings. The Morgan fingerprint density at radius 1 is 1.00 bits per heavy atom. The number of hydrogen-bond acceptors (Lipinski definition) is 4. The number of rotatable bonds is 6. The van der Waals surface area contributed by atoms with E-state index >= 15 is 0 Å². The second-order valence-corrected chi connectivity index (χ2v) is 7.84. The molecule has 0 bridgehead atoms. The Morgan fingerprint density at radius 3 is 2.46 bits per heavy atom. The van der Waals surface area contributed by atoms with Gasteiger partial charge in [-0.1, -0.05) is 29.8 Å². The highest BCUT2D eigenvalue weighted by molar-refractivity contribution is 9.10. The maximum Gasteiger partial charge on any atom is 0.243 e. The van der Waals surface area contributed by atoms with Crippen LogP contribution >= 0.6 is 27.5 Å². The van der Waals surface area contributed by atoms with Crippen molar-refractivity contribution >= 4 is 50.7 Å². The van der Waals surface area contributed by atoms with Gasteiger partial charge in [-0.15, -0.1) is 0 Å². The Kier molecular flexibility index (Phi) is 7.30. The summed E-state index contributed by atoms with van der Waals surface area (Å²) in [5.74, 6) is -0.412. The molecule has 2 N–H and O–H groups in total. The van der Waals surface area contributed by atoms with Crippen LogP contribution in [0.25, 0.3) is 0 Å². The van der Waals surface area contributed by atoms with Crippen molar-refractivity contribution < 1.29 is 9.59 Å². The minimum absolute atomic E-state index is 0.0529. The first-order valence-corrected chi connectivity index (χ1v) is 10.2. The number of para-hydroxylation sites is 1. The minimum Gasteiger partial charge on any atom is -0.369 e. The number of nitrogens with one attached hydrogen (secondary N) is 2. The topological polar surface area (TPSA) is 64.7 Å². The van der Waals surface area contributed by atoms with Gasteiger partial charge in [0.15, 0.2) is 0 Å². The van der Waals surface area contributed by atoms with Gasteiger partial charge in [0, 0.05) is 41.4 Å². The van der Waals surface area contributed by atoms with E-state index in [-0.39, 0.29) is 24.9 Å². The molecule has 0 radical (unpaired) electrons. The number of halogens is 2. The summed E-state index contributed by atoms with van der Waals surface area (Å²) in [6.45, 7) is 3.45. The molecule has 6 nitrogen and oxygen atoms in total. The number of carbonyl (C=O) groups is 2. The first-order valence-electron chi connectivity index (χ1n) is 9.05. The molecule has 1 aliphatic rings. The van der Waals surface area contributed by atoms with Crippen molar-refractivity contribution in [2.45, 2.75) is 0 Å². The Hall–Kier alpha value is -2.09. The van der Waals surface area contributed by atoms with Gasteiger partial charge in [0.05, 0.1) is 18.8 Å². The molecule has 0 saturated carbocycles. The lowest BCUT2D eigenvalue weighted by Crippen LogP contribution is -2.50. The molecule has 148 valence electrons. The van der Waals surface area contributed by atoms with Gasteiger partial charge in [0.25, 0.3) is 0 Å². The van der Waals surface area contributed by atoms with Gasteiger partial charge < -0.3 is 15.5 Å². The third-order valence-electron chi connectivity index (χ3n) is 4.51. The molecule has 1 saturated heterocycles. The van der Waals surface area contributed by atoms with Crippen molar-refractivity contribution in [3.05, 3.63) is 58.0 Å². The van der Waals surface area contributed by atoms with Crippen LogP contribution in [-0.2, 0) is 9.59 Å². The fourth-order valence-electron chi connectivity index (χ4n) is 3.03. The molecule has 0 aliphatic carbocycles. The molecular weight excluding hydrogens is 444 g/mol. The number of nitrogens with zero attached hydrogens (tertiary/aromatic N) is 2. The zero-order chi connectivity index (χ0) is 19.9. The molecule has 2 amide bonds. The van der Waals surface area contributed by atoms with Gasteiger partial charge in [-0.3, -0.25) is 14.5 Å². The van der Waals surface area contributed by atoms with Crippen LogP contribution in [0.15, 0.2) is 53.0 Å². The quantitative estimate of drug-likeness (QED) is 0.688. The van der Waals surface area contributed by atoms with Gasteiger partial charge in [0.1, 0.15) is 0 Å². The molecule has 1 heterocycles. The van der Waals surface area contributed by atoms with Crippen LogP contribution in [0.4, 0.5) is 11.4 Å². The van der Waals surface area contributed by atoms with Crippen LogP contribution in [0.5, 0.6) is 0 Å². The molecule has 0 spiro atoms. The van der Waals surface area contributed by atoms with Crippen LogP contribution in [0.2, 0.25) is 5.02 Å². The smallest absolute Gasteiger partial charge is 0.243 e. The number of benzene rings is 2. The lowest BCUT2D eigenvalue weighted by molar-refractivity contribution is -0.125. The molecule has 1 aliphatic heterocycles. The van der Waals surface area contributed by atoms with Gasteiger partial charge >= 0.3 is 0 Å². The van der Waals surface area contributed by atoms with E-state index in [9.17, 15) is 9.59 Å². The molecule has 3 rings (SSSR count). The third-order valence-corrected chi connectivity index (χ3v) is 5.43. The predicted molar refractivity (Wildman–Crippen MR) is 116 cm³/mol. The summed E-state index contributed by atoms with van der Waals surface area (Å²) in [5, 5.41) is 6.17. The molecule has 1 fully saturated rings. The molecule has 8 heteroatoms. The van der Waals surface area contributed by atoms with Gasteiger partial charge in [-0.05, 0) is 46.3 Å². The summed E-state index contributed by atoms with van der Waals surface area (Å²) in [6, 6.07) is 15.1. The number of amides is 2. The van der Waals surface area contributed by atoms with Crippen molar-refractivity contribution in [2.75, 3.05) is 49.5 Å². The van der Waals surface area contributed by atoms with E-state index in [1.54, 1.807) is 6.07 Å². The second-order valence-electron chi connectivity index (χ2n) is 6.55. The van der Waals surface area contributed by atoms with Crippen LogP contribution in [0, 0.1) is 0 Å². The first kappa shape index (κ1) is 20.6. The fraction of sp³-hybridized carbons (Fsp3) is 0.300. The average Bonchev–Trinajstić information content (AvgIpc) is 2.69. The Labute approximate surface area is 178 Å². The van der Waals surface area contributed by atoms with Gasteiger partial charge in [-0.2, -0.15) is 0 Å². The van der Waals surface area contributed by atoms with E-state index in [0.717, 1.165) is 41.4 Å². The Balaban J connectivity index is 1.39. The highest BCUT2D eigenvalue weighted by atomic mass is 79.9. The van der Waals surface area contributed by atoms with Crippen molar-refractivity contribution in [1.29, 1.82) is 0 Å². The maximum absolute atomic E-state index is 12.2. The van der Waals surface area contributed by atoms with Crippen molar-refractivity contribution in [3.63, 3.8) is 0 Å². The van der Waals surface area contributed by atoms with Crippen molar-refractivity contribution in [1.82, 2.24) is 10.2 Å². The zero-order valence-electron chi connectivity index (χ0n) is 15.3. The van der Waals surface area contributed by atoms with Crippen LogP contribution in [0.3, 0.4) is 0 Å². The summed E-state index contributed by atoms with van der Waals surface area (Å²) < 4.78 is 0.798. The average molecular weight is 466 g/mol. The second kappa shape index (κ2) is 9.91. The molecule has 0 unspecified atom stereocenters. The molecule has 0 atom stereocenters. The number of hydrogen-bond donors (Lipinski definition) is 2. The third kappa shape index (κ3) is 5.95. The van der Waals surface area contributed by atoms with E-state index in [0.29, 0.717) is 5.69 Å². The summed E-state index contributed by atoms with van der Waals surface area (Å²) in [7, 11) is 0.